The van der Waals surface area contributed by atoms with E-state index in [0.717, 1.165) is 18.7 Å². The molecule has 0 heterocycles. The van der Waals surface area contributed by atoms with Gasteiger partial charge >= 0.3 is 0 Å². The minimum atomic E-state index is -0.310. The third-order valence-electron chi connectivity index (χ3n) is 3.68. The zero-order chi connectivity index (χ0) is 17.4. The van der Waals surface area contributed by atoms with Crippen LogP contribution in [0, 0.1) is 11.3 Å². The lowest BCUT2D eigenvalue weighted by Crippen LogP contribution is -2.21. The van der Waals surface area contributed by atoms with E-state index in [0.29, 0.717) is 11.1 Å². The Morgan fingerprint density at radius 3 is 2.29 bits per heavy atom. The summed E-state index contributed by atoms with van der Waals surface area (Å²) in [4.78, 5) is 14.2. The molecule has 5 nitrogen and oxygen atoms in total. The molecule has 1 N–H and O–H groups in total. The highest BCUT2D eigenvalue weighted by Crippen LogP contribution is 2.14. The summed E-state index contributed by atoms with van der Waals surface area (Å²) in [6.45, 7) is 6.17. The highest BCUT2D eigenvalue weighted by molar-refractivity contribution is 5.95. The van der Waals surface area contributed by atoms with Crippen LogP contribution in [0.1, 0.15) is 35.3 Å². The van der Waals surface area contributed by atoms with E-state index in [-0.39, 0.29) is 5.91 Å². The summed E-state index contributed by atoms with van der Waals surface area (Å²) in [5.41, 5.74) is 5.53. The fraction of sp³-hybridized carbons (Fsp3) is 0.211. The summed E-state index contributed by atoms with van der Waals surface area (Å²) in [6, 6.07) is 16.4. The first-order valence-electron chi connectivity index (χ1n) is 7.86. The summed E-state index contributed by atoms with van der Waals surface area (Å²) in [5.74, 6) is -0.310. The predicted octanol–water partition coefficient (Wildman–Crippen LogP) is 3.17. The van der Waals surface area contributed by atoms with Crippen molar-refractivity contribution in [2.75, 3.05) is 18.0 Å². The predicted molar refractivity (Wildman–Crippen MR) is 96.2 cm³/mol. The first-order chi connectivity index (χ1) is 11.7. The Balaban J connectivity index is 1.95. The van der Waals surface area contributed by atoms with E-state index in [1.165, 1.54) is 5.69 Å². The molecule has 0 spiro atoms. The summed E-state index contributed by atoms with van der Waals surface area (Å²) >= 11 is 0. The van der Waals surface area contributed by atoms with Crippen LogP contribution in [0.25, 0.3) is 0 Å². The van der Waals surface area contributed by atoms with Gasteiger partial charge in [-0.05, 0) is 55.8 Å². The number of carbonyl (C=O) groups is 1. The normalized spacial score (nSPS) is 10.4. The SMILES string of the molecule is CCN(CC)c1ccc(/C=N/NC(=O)c2ccc(C#N)cc2)cc1. The standard InChI is InChI=1S/C19H20N4O/c1-3-23(4-2)18-11-7-16(8-12-18)14-21-22-19(24)17-9-5-15(13-20)6-10-17/h5-12,14H,3-4H2,1-2H3,(H,22,24)/b21-14+. The van der Waals surface area contributed by atoms with Crippen molar-refractivity contribution in [3.8, 4) is 6.07 Å². The van der Waals surface area contributed by atoms with Crippen LogP contribution in [0.2, 0.25) is 0 Å². The Morgan fingerprint density at radius 1 is 1.12 bits per heavy atom. The fourth-order valence-corrected chi connectivity index (χ4v) is 2.29. The number of hydrogen-bond acceptors (Lipinski definition) is 4. The molecule has 0 radical (unpaired) electrons. The number of benzene rings is 2. The number of hydrogen-bond donors (Lipinski definition) is 1. The quantitative estimate of drug-likeness (QED) is 0.656. The molecule has 0 fully saturated rings. The summed E-state index contributed by atoms with van der Waals surface area (Å²) < 4.78 is 0. The molecule has 0 bridgehead atoms. The topological polar surface area (TPSA) is 68.5 Å². The van der Waals surface area contributed by atoms with Crippen molar-refractivity contribution in [1.82, 2.24) is 5.43 Å². The number of anilines is 1. The molecule has 0 saturated carbocycles. The highest BCUT2D eigenvalue weighted by Gasteiger charge is 2.04. The van der Waals surface area contributed by atoms with Crippen LogP contribution in [0.4, 0.5) is 5.69 Å². The smallest absolute Gasteiger partial charge is 0.271 e. The van der Waals surface area contributed by atoms with Crippen molar-refractivity contribution in [3.05, 3.63) is 65.2 Å². The van der Waals surface area contributed by atoms with Gasteiger partial charge in [0.25, 0.3) is 5.91 Å². The number of carbonyl (C=O) groups excluding carboxylic acids is 1. The molecule has 0 unspecified atom stereocenters. The molecule has 5 heteroatoms. The largest absolute Gasteiger partial charge is 0.372 e. The zero-order valence-corrected chi connectivity index (χ0v) is 13.9. The molecule has 2 aromatic rings. The summed E-state index contributed by atoms with van der Waals surface area (Å²) in [5, 5.41) is 12.7. The Hall–Kier alpha value is -3.13. The number of amides is 1. The van der Waals surface area contributed by atoms with Gasteiger partial charge in [0.05, 0.1) is 17.8 Å². The van der Waals surface area contributed by atoms with Crippen LogP contribution >= 0.6 is 0 Å². The number of nitrogens with one attached hydrogen (secondary N) is 1. The Kier molecular flexibility index (Phi) is 6.09. The van der Waals surface area contributed by atoms with Crippen LogP contribution in [0.3, 0.4) is 0 Å². The lowest BCUT2D eigenvalue weighted by atomic mass is 10.1. The molecule has 24 heavy (non-hydrogen) atoms. The molecule has 1 amide bonds. The van der Waals surface area contributed by atoms with Gasteiger partial charge in [-0.2, -0.15) is 10.4 Å². The van der Waals surface area contributed by atoms with Crippen molar-refractivity contribution in [1.29, 1.82) is 5.26 Å². The first kappa shape index (κ1) is 17.2. The third-order valence-corrected chi connectivity index (χ3v) is 3.68. The van der Waals surface area contributed by atoms with Crippen LogP contribution in [-0.4, -0.2) is 25.2 Å². The summed E-state index contributed by atoms with van der Waals surface area (Å²) in [7, 11) is 0. The van der Waals surface area contributed by atoms with Crippen molar-refractivity contribution in [3.63, 3.8) is 0 Å². The second-order valence-electron chi connectivity index (χ2n) is 5.15. The lowest BCUT2D eigenvalue weighted by Gasteiger charge is -2.20. The minimum absolute atomic E-state index is 0.310. The van der Waals surface area contributed by atoms with E-state index in [9.17, 15) is 4.79 Å². The number of hydrazone groups is 1. The molecule has 0 aliphatic carbocycles. The zero-order valence-electron chi connectivity index (χ0n) is 13.9. The van der Waals surface area contributed by atoms with Crippen molar-refractivity contribution in [2.24, 2.45) is 5.10 Å². The molecular weight excluding hydrogens is 300 g/mol. The molecular formula is C19H20N4O. The van der Waals surface area contributed by atoms with E-state index in [1.807, 2.05) is 30.3 Å². The van der Waals surface area contributed by atoms with E-state index < -0.39 is 0 Å². The van der Waals surface area contributed by atoms with Crippen LogP contribution in [0.5, 0.6) is 0 Å². The Labute approximate surface area is 142 Å². The van der Waals surface area contributed by atoms with Gasteiger partial charge in [0.1, 0.15) is 0 Å². The van der Waals surface area contributed by atoms with E-state index in [2.05, 4.69) is 29.3 Å². The fourth-order valence-electron chi connectivity index (χ4n) is 2.29. The maximum Gasteiger partial charge on any atom is 0.271 e. The number of nitrogens with zero attached hydrogens (tertiary/aromatic N) is 3. The van der Waals surface area contributed by atoms with E-state index in [1.54, 1.807) is 30.5 Å². The molecule has 0 aliphatic heterocycles. The Morgan fingerprint density at radius 2 is 1.75 bits per heavy atom. The Bertz CT molecular complexity index is 738. The van der Waals surface area contributed by atoms with Gasteiger partial charge in [-0.15, -0.1) is 0 Å². The molecule has 0 aromatic heterocycles. The van der Waals surface area contributed by atoms with Gasteiger partial charge < -0.3 is 4.90 Å². The first-order valence-corrected chi connectivity index (χ1v) is 7.86. The molecule has 0 saturated heterocycles. The molecule has 0 atom stereocenters. The molecule has 2 rings (SSSR count). The van der Waals surface area contributed by atoms with Crippen LogP contribution in [0.15, 0.2) is 53.6 Å². The average Bonchev–Trinajstić information content (AvgIpc) is 2.64. The lowest BCUT2D eigenvalue weighted by molar-refractivity contribution is 0.0955. The molecule has 0 aliphatic rings. The van der Waals surface area contributed by atoms with Crippen molar-refractivity contribution < 1.29 is 4.79 Å². The monoisotopic (exact) mass is 320 g/mol. The second-order valence-corrected chi connectivity index (χ2v) is 5.15. The summed E-state index contributed by atoms with van der Waals surface area (Å²) in [6.07, 6.45) is 1.60. The van der Waals surface area contributed by atoms with Gasteiger partial charge in [0.15, 0.2) is 0 Å². The average molecular weight is 320 g/mol. The van der Waals surface area contributed by atoms with Gasteiger partial charge in [0.2, 0.25) is 0 Å². The maximum absolute atomic E-state index is 11.9. The maximum atomic E-state index is 11.9. The van der Waals surface area contributed by atoms with Gasteiger partial charge in [-0.3, -0.25) is 4.79 Å². The third kappa shape index (κ3) is 4.43. The van der Waals surface area contributed by atoms with Gasteiger partial charge in [-0.25, -0.2) is 5.43 Å². The highest BCUT2D eigenvalue weighted by atomic mass is 16.2. The van der Waals surface area contributed by atoms with Gasteiger partial charge in [-0.1, -0.05) is 12.1 Å². The van der Waals surface area contributed by atoms with Gasteiger partial charge in [0, 0.05) is 24.3 Å². The van der Waals surface area contributed by atoms with Crippen LogP contribution in [-0.2, 0) is 0 Å². The van der Waals surface area contributed by atoms with Crippen molar-refractivity contribution in [2.45, 2.75) is 13.8 Å². The second kappa shape index (κ2) is 8.49. The van der Waals surface area contributed by atoms with Crippen molar-refractivity contribution >= 4 is 17.8 Å². The number of nitriles is 1. The van der Waals surface area contributed by atoms with E-state index in [4.69, 9.17) is 5.26 Å². The van der Waals surface area contributed by atoms with Crippen LogP contribution < -0.4 is 10.3 Å². The minimum Gasteiger partial charge on any atom is -0.372 e. The molecule has 122 valence electrons. The number of rotatable bonds is 6. The van der Waals surface area contributed by atoms with E-state index >= 15 is 0 Å². The molecule has 2 aromatic carbocycles.